The molecule has 1 aromatic rings. The Hall–Kier alpha value is -0.383. The maximum absolute atomic E-state index is 10.2. The van der Waals surface area contributed by atoms with Crippen molar-refractivity contribution in [3.8, 4) is 0 Å². The smallest absolute Gasteiger partial charge is 0.188 e. The molecule has 4 heteroatoms. The predicted octanol–water partition coefficient (Wildman–Crippen LogP) is 3.65. The summed E-state index contributed by atoms with van der Waals surface area (Å²) in [5, 5.41) is 0.548. The standard InChI is InChI=1S/C12H20ClNOSi/c1-12(2,16(3,4)15)8-7-10-5-6-11(13)14-9-10/h5-6,9,15H,7-8H2,1-4H3. The monoisotopic (exact) mass is 257 g/mol. The van der Waals surface area contributed by atoms with Gasteiger partial charge >= 0.3 is 0 Å². The van der Waals surface area contributed by atoms with Gasteiger partial charge in [0.15, 0.2) is 8.32 Å². The number of nitrogens with zero attached hydrogens (tertiary/aromatic N) is 1. The van der Waals surface area contributed by atoms with Crippen LogP contribution in [0.5, 0.6) is 0 Å². The van der Waals surface area contributed by atoms with Gasteiger partial charge in [-0.1, -0.05) is 31.5 Å². The SMILES string of the molecule is CC(C)(CCc1ccc(Cl)nc1)[Si](C)(C)O. The minimum absolute atomic E-state index is 0.0205. The van der Waals surface area contributed by atoms with E-state index in [1.54, 1.807) is 0 Å². The van der Waals surface area contributed by atoms with E-state index in [4.69, 9.17) is 11.6 Å². The number of hydrogen-bond donors (Lipinski definition) is 1. The van der Waals surface area contributed by atoms with Crippen molar-refractivity contribution in [3.05, 3.63) is 29.0 Å². The van der Waals surface area contributed by atoms with Crippen molar-refractivity contribution in [1.82, 2.24) is 4.98 Å². The number of aryl methyl sites for hydroxylation is 1. The molecule has 16 heavy (non-hydrogen) atoms. The van der Waals surface area contributed by atoms with Gasteiger partial charge in [-0.25, -0.2) is 4.98 Å². The van der Waals surface area contributed by atoms with Crippen LogP contribution in [0.4, 0.5) is 0 Å². The second-order valence-corrected chi connectivity index (χ2v) is 10.3. The third-order valence-corrected chi connectivity index (χ3v) is 7.27. The van der Waals surface area contributed by atoms with Crippen LogP contribution in [0.2, 0.25) is 23.3 Å². The number of aromatic nitrogens is 1. The Morgan fingerprint density at radius 1 is 1.38 bits per heavy atom. The fourth-order valence-corrected chi connectivity index (χ4v) is 2.17. The van der Waals surface area contributed by atoms with E-state index in [1.165, 1.54) is 5.56 Å². The molecule has 0 spiro atoms. The number of halogens is 1. The predicted molar refractivity (Wildman–Crippen MR) is 71.3 cm³/mol. The summed E-state index contributed by atoms with van der Waals surface area (Å²) in [5.74, 6) is 0. The van der Waals surface area contributed by atoms with Crippen molar-refractivity contribution in [1.29, 1.82) is 0 Å². The lowest BCUT2D eigenvalue weighted by Gasteiger charge is -2.35. The van der Waals surface area contributed by atoms with Gasteiger partial charge in [0.05, 0.1) is 0 Å². The molecule has 0 saturated heterocycles. The first-order chi connectivity index (χ1) is 7.22. The molecule has 0 bridgehead atoms. The van der Waals surface area contributed by atoms with E-state index < -0.39 is 8.32 Å². The molecule has 0 aromatic carbocycles. The fourth-order valence-electron chi connectivity index (χ4n) is 1.32. The zero-order chi connectivity index (χ0) is 12.4. The van der Waals surface area contributed by atoms with Gasteiger partial charge in [0.1, 0.15) is 5.15 Å². The van der Waals surface area contributed by atoms with Gasteiger partial charge in [0.2, 0.25) is 0 Å². The molecule has 0 aliphatic rings. The summed E-state index contributed by atoms with van der Waals surface area (Å²) < 4.78 is 0. The molecule has 0 aliphatic heterocycles. The zero-order valence-corrected chi connectivity index (χ0v) is 12.2. The summed E-state index contributed by atoms with van der Waals surface area (Å²) in [6, 6.07) is 3.81. The van der Waals surface area contributed by atoms with Crippen LogP contribution < -0.4 is 0 Å². The molecule has 2 nitrogen and oxygen atoms in total. The van der Waals surface area contributed by atoms with Crippen LogP contribution in [0.3, 0.4) is 0 Å². The van der Waals surface area contributed by atoms with Crippen molar-refractivity contribution < 1.29 is 4.80 Å². The molecule has 0 amide bonds. The Kier molecular flexibility index (Phi) is 4.15. The Morgan fingerprint density at radius 3 is 2.44 bits per heavy atom. The quantitative estimate of drug-likeness (QED) is 0.660. The van der Waals surface area contributed by atoms with Gasteiger partial charge < -0.3 is 4.80 Å². The Bertz CT molecular complexity index is 343. The third-order valence-electron chi connectivity index (χ3n) is 3.48. The van der Waals surface area contributed by atoms with Crippen LogP contribution >= 0.6 is 11.6 Å². The summed E-state index contributed by atoms with van der Waals surface area (Å²) in [6.45, 7) is 8.27. The minimum atomic E-state index is -2.10. The van der Waals surface area contributed by atoms with Gasteiger partial charge in [-0.05, 0) is 42.6 Å². The first kappa shape index (κ1) is 13.7. The van der Waals surface area contributed by atoms with Gasteiger partial charge in [0, 0.05) is 6.20 Å². The average molecular weight is 258 g/mol. The highest BCUT2D eigenvalue weighted by atomic mass is 35.5. The summed E-state index contributed by atoms with van der Waals surface area (Å²) in [5.41, 5.74) is 1.18. The number of rotatable bonds is 4. The van der Waals surface area contributed by atoms with Crippen molar-refractivity contribution in [2.75, 3.05) is 0 Å². The molecule has 0 saturated carbocycles. The molecule has 1 N–H and O–H groups in total. The van der Waals surface area contributed by atoms with Crippen molar-refractivity contribution in [2.45, 2.75) is 44.8 Å². The summed E-state index contributed by atoms with van der Waals surface area (Å²) in [7, 11) is -2.10. The molecular weight excluding hydrogens is 238 g/mol. The van der Waals surface area contributed by atoms with Gasteiger partial charge in [0.25, 0.3) is 0 Å². The van der Waals surface area contributed by atoms with E-state index in [9.17, 15) is 4.80 Å². The van der Waals surface area contributed by atoms with Gasteiger partial charge in [-0.15, -0.1) is 0 Å². The van der Waals surface area contributed by atoms with Crippen LogP contribution in [0.25, 0.3) is 0 Å². The molecule has 0 unspecified atom stereocenters. The average Bonchev–Trinajstić information content (AvgIpc) is 2.15. The van der Waals surface area contributed by atoms with Crippen LogP contribution in [-0.2, 0) is 6.42 Å². The summed E-state index contributed by atoms with van der Waals surface area (Å²) in [4.78, 5) is 14.2. The molecule has 90 valence electrons. The lowest BCUT2D eigenvalue weighted by molar-refractivity contribution is 0.451. The van der Waals surface area contributed by atoms with Crippen LogP contribution in [-0.4, -0.2) is 18.1 Å². The van der Waals surface area contributed by atoms with Crippen molar-refractivity contribution in [2.24, 2.45) is 0 Å². The highest BCUT2D eigenvalue weighted by Crippen LogP contribution is 2.39. The zero-order valence-electron chi connectivity index (χ0n) is 10.4. The van der Waals surface area contributed by atoms with E-state index in [2.05, 4.69) is 18.8 Å². The Labute approximate surface area is 104 Å². The molecule has 0 aliphatic carbocycles. The van der Waals surface area contributed by atoms with Crippen LogP contribution in [0.15, 0.2) is 18.3 Å². The maximum Gasteiger partial charge on any atom is 0.188 e. The van der Waals surface area contributed by atoms with Crippen molar-refractivity contribution in [3.63, 3.8) is 0 Å². The molecule has 1 aromatic heterocycles. The first-order valence-electron chi connectivity index (χ1n) is 5.55. The van der Waals surface area contributed by atoms with Crippen LogP contribution in [0.1, 0.15) is 25.8 Å². The Balaban J connectivity index is 2.61. The van der Waals surface area contributed by atoms with Gasteiger partial charge in [-0.3, -0.25) is 0 Å². The Morgan fingerprint density at radius 2 is 2.00 bits per heavy atom. The van der Waals surface area contributed by atoms with E-state index >= 15 is 0 Å². The summed E-state index contributed by atoms with van der Waals surface area (Å²) >= 11 is 5.73. The molecule has 0 radical (unpaired) electrons. The van der Waals surface area contributed by atoms with E-state index in [1.807, 2.05) is 31.4 Å². The van der Waals surface area contributed by atoms with Crippen molar-refractivity contribution >= 4 is 19.9 Å². The lowest BCUT2D eigenvalue weighted by Crippen LogP contribution is -2.39. The molecule has 0 atom stereocenters. The molecule has 1 rings (SSSR count). The fraction of sp³-hybridized carbons (Fsp3) is 0.583. The largest absolute Gasteiger partial charge is 0.432 e. The topological polar surface area (TPSA) is 33.1 Å². The van der Waals surface area contributed by atoms with E-state index in [-0.39, 0.29) is 5.04 Å². The third kappa shape index (κ3) is 3.58. The van der Waals surface area contributed by atoms with E-state index in [0.717, 1.165) is 12.8 Å². The highest BCUT2D eigenvalue weighted by molar-refractivity contribution is 6.72. The second-order valence-electron chi connectivity index (χ2n) is 5.43. The van der Waals surface area contributed by atoms with E-state index in [0.29, 0.717) is 5.15 Å². The lowest BCUT2D eigenvalue weighted by atomic mass is 10.0. The normalized spacial score (nSPS) is 12.9. The first-order valence-corrected chi connectivity index (χ1v) is 8.88. The molecule has 0 fully saturated rings. The molecular formula is C12H20ClNOSi. The number of hydrogen-bond acceptors (Lipinski definition) is 2. The minimum Gasteiger partial charge on any atom is -0.432 e. The number of pyridine rings is 1. The van der Waals surface area contributed by atoms with Crippen LogP contribution in [0, 0.1) is 0 Å². The summed E-state index contributed by atoms with van der Waals surface area (Å²) in [6.07, 6.45) is 3.73. The highest BCUT2D eigenvalue weighted by Gasteiger charge is 2.37. The second kappa shape index (κ2) is 4.86. The molecule has 1 heterocycles. The maximum atomic E-state index is 10.2. The van der Waals surface area contributed by atoms with Gasteiger partial charge in [-0.2, -0.15) is 0 Å².